The fourth-order valence-electron chi connectivity index (χ4n) is 1.48. The Balaban J connectivity index is 2.83. The van der Waals surface area contributed by atoms with Gasteiger partial charge in [-0.15, -0.1) is 0 Å². The molecule has 1 rings (SSSR count). The van der Waals surface area contributed by atoms with Gasteiger partial charge in [-0.2, -0.15) is 0 Å². The van der Waals surface area contributed by atoms with Crippen molar-refractivity contribution in [3.63, 3.8) is 0 Å². The van der Waals surface area contributed by atoms with Crippen molar-refractivity contribution in [2.24, 2.45) is 5.92 Å². The monoisotopic (exact) mass is 237 g/mol. The molecule has 4 nitrogen and oxygen atoms in total. The van der Waals surface area contributed by atoms with Crippen molar-refractivity contribution in [1.82, 2.24) is 0 Å². The Morgan fingerprint density at radius 2 is 2.00 bits per heavy atom. The van der Waals surface area contributed by atoms with Crippen LogP contribution >= 0.6 is 0 Å². The van der Waals surface area contributed by atoms with Crippen molar-refractivity contribution in [2.75, 3.05) is 19.5 Å². The fraction of sp³-hybridized carbons (Fsp3) is 0.462. The van der Waals surface area contributed by atoms with Crippen LogP contribution in [0.25, 0.3) is 0 Å². The lowest BCUT2D eigenvalue weighted by atomic mass is 10.1. The standard InChI is InChI=1S/C13H19NO3/c1-9(2)7-13(15)14-11-8-10(16-3)5-6-12(11)17-4/h5-6,8-9H,7H2,1-4H3,(H,14,15). The molecule has 0 heterocycles. The van der Waals surface area contributed by atoms with Crippen LogP contribution in [0.4, 0.5) is 5.69 Å². The van der Waals surface area contributed by atoms with E-state index in [-0.39, 0.29) is 5.91 Å². The molecule has 0 radical (unpaired) electrons. The number of rotatable bonds is 5. The van der Waals surface area contributed by atoms with Crippen LogP contribution in [-0.2, 0) is 4.79 Å². The summed E-state index contributed by atoms with van der Waals surface area (Å²) in [5.41, 5.74) is 0.637. The maximum Gasteiger partial charge on any atom is 0.224 e. The number of anilines is 1. The molecule has 0 saturated carbocycles. The first-order valence-corrected chi connectivity index (χ1v) is 5.58. The first kappa shape index (κ1) is 13.4. The number of carbonyl (C=O) groups excluding carboxylic acids is 1. The van der Waals surface area contributed by atoms with E-state index in [0.29, 0.717) is 29.5 Å². The molecular weight excluding hydrogens is 218 g/mol. The predicted molar refractivity (Wildman–Crippen MR) is 67.6 cm³/mol. The molecule has 1 amide bonds. The molecule has 17 heavy (non-hydrogen) atoms. The summed E-state index contributed by atoms with van der Waals surface area (Å²) >= 11 is 0. The summed E-state index contributed by atoms with van der Waals surface area (Å²) < 4.78 is 10.3. The van der Waals surface area contributed by atoms with Crippen LogP contribution in [0.15, 0.2) is 18.2 Å². The second-order valence-corrected chi connectivity index (χ2v) is 4.21. The second kappa shape index (κ2) is 6.13. The number of ether oxygens (including phenoxy) is 2. The predicted octanol–water partition coefficient (Wildman–Crippen LogP) is 2.69. The topological polar surface area (TPSA) is 47.6 Å². The molecule has 0 aromatic heterocycles. The quantitative estimate of drug-likeness (QED) is 0.856. The van der Waals surface area contributed by atoms with Crippen LogP contribution in [0.2, 0.25) is 0 Å². The molecule has 0 aliphatic carbocycles. The summed E-state index contributed by atoms with van der Waals surface area (Å²) in [5, 5.41) is 2.82. The van der Waals surface area contributed by atoms with E-state index in [9.17, 15) is 4.79 Å². The first-order valence-electron chi connectivity index (χ1n) is 5.58. The zero-order valence-corrected chi connectivity index (χ0v) is 10.7. The number of methoxy groups -OCH3 is 2. The van der Waals surface area contributed by atoms with Gasteiger partial charge in [-0.3, -0.25) is 4.79 Å². The summed E-state index contributed by atoms with van der Waals surface area (Å²) in [4.78, 5) is 11.7. The molecule has 1 aromatic rings. The van der Waals surface area contributed by atoms with Gasteiger partial charge in [-0.05, 0) is 18.1 Å². The number of hydrogen-bond acceptors (Lipinski definition) is 3. The Bertz CT molecular complexity index is 388. The summed E-state index contributed by atoms with van der Waals surface area (Å²) in [5.74, 6) is 1.62. The van der Waals surface area contributed by atoms with Gasteiger partial charge in [0.1, 0.15) is 11.5 Å². The largest absolute Gasteiger partial charge is 0.497 e. The molecule has 1 N–H and O–H groups in total. The molecule has 0 atom stereocenters. The Morgan fingerprint density at radius 3 is 2.53 bits per heavy atom. The number of benzene rings is 1. The van der Waals surface area contributed by atoms with Crippen LogP contribution in [0, 0.1) is 5.92 Å². The van der Waals surface area contributed by atoms with Crippen LogP contribution in [0.5, 0.6) is 11.5 Å². The van der Waals surface area contributed by atoms with Gasteiger partial charge in [0, 0.05) is 12.5 Å². The molecule has 0 saturated heterocycles. The highest BCUT2D eigenvalue weighted by atomic mass is 16.5. The zero-order chi connectivity index (χ0) is 12.8. The van der Waals surface area contributed by atoms with Crippen molar-refractivity contribution >= 4 is 11.6 Å². The van der Waals surface area contributed by atoms with E-state index < -0.39 is 0 Å². The minimum atomic E-state index is -0.0217. The number of carbonyl (C=O) groups is 1. The van der Waals surface area contributed by atoms with Crippen molar-refractivity contribution < 1.29 is 14.3 Å². The maximum atomic E-state index is 11.7. The number of hydrogen-bond donors (Lipinski definition) is 1. The minimum absolute atomic E-state index is 0.0217. The summed E-state index contributed by atoms with van der Waals surface area (Å²) in [7, 11) is 3.15. The van der Waals surface area contributed by atoms with Gasteiger partial charge < -0.3 is 14.8 Å². The molecule has 0 aliphatic heterocycles. The third-order valence-electron chi connectivity index (χ3n) is 2.27. The molecule has 94 valence electrons. The minimum Gasteiger partial charge on any atom is -0.497 e. The van der Waals surface area contributed by atoms with Crippen LogP contribution in [0.3, 0.4) is 0 Å². The molecular formula is C13H19NO3. The lowest BCUT2D eigenvalue weighted by Crippen LogP contribution is -2.14. The van der Waals surface area contributed by atoms with Crippen LogP contribution in [-0.4, -0.2) is 20.1 Å². The Hall–Kier alpha value is -1.71. The average molecular weight is 237 g/mol. The van der Waals surface area contributed by atoms with Gasteiger partial charge in [-0.1, -0.05) is 13.8 Å². The molecule has 0 bridgehead atoms. The van der Waals surface area contributed by atoms with Crippen molar-refractivity contribution in [3.05, 3.63) is 18.2 Å². The summed E-state index contributed by atoms with van der Waals surface area (Å²) in [6.07, 6.45) is 0.486. The Morgan fingerprint density at radius 1 is 1.29 bits per heavy atom. The molecule has 0 fully saturated rings. The van der Waals surface area contributed by atoms with Gasteiger partial charge in [-0.25, -0.2) is 0 Å². The van der Waals surface area contributed by atoms with Gasteiger partial charge in [0.2, 0.25) is 5.91 Å². The third-order valence-corrected chi connectivity index (χ3v) is 2.27. The molecule has 0 aliphatic rings. The van der Waals surface area contributed by atoms with E-state index in [1.54, 1.807) is 32.4 Å². The lowest BCUT2D eigenvalue weighted by molar-refractivity contribution is -0.116. The highest BCUT2D eigenvalue weighted by Gasteiger charge is 2.10. The SMILES string of the molecule is COc1ccc(OC)c(NC(=O)CC(C)C)c1. The number of amides is 1. The van der Waals surface area contributed by atoms with Crippen molar-refractivity contribution in [1.29, 1.82) is 0 Å². The Labute approximate surface area is 102 Å². The normalized spacial score (nSPS) is 10.2. The smallest absolute Gasteiger partial charge is 0.224 e. The van der Waals surface area contributed by atoms with Gasteiger partial charge in [0.05, 0.1) is 19.9 Å². The van der Waals surface area contributed by atoms with E-state index in [2.05, 4.69) is 5.32 Å². The van der Waals surface area contributed by atoms with Gasteiger partial charge in [0.15, 0.2) is 0 Å². The van der Waals surface area contributed by atoms with E-state index in [0.717, 1.165) is 0 Å². The van der Waals surface area contributed by atoms with E-state index in [1.807, 2.05) is 13.8 Å². The lowest BCUT2D eigenvalue weighted by Gasteiger charge is -2.12. The molecule has 1 aromatic carbocycles. The number of nitrogens with one attached hydrogen (secondary N) is 1. The summed E-state index contributed by atoms with van der Waals surface area (Å²) in [6.45, 7) is 4.00. The van der Waals surface area contributed by atoms with Crippen LogP contribution < -0.4 is 14.8 Å². The zero-order valence-electron chi connectivity index (χ0n) is 10.7. The average Bonchev–Trinajstić information content (AvgIpc) is 2.27. The van der Waals surface area contributed by atoms with Crippen molar-refractivity contribution in [2.45, 2.75) is 20.3 Å². The van der Waals surface area contributed by atoms with E-state index in [4.69, 9.17) is 9.47 Å². The van der Waals surface area contributed by atoms with Crippen molar-refractivity contribution in [3.8, 4) is 11.5 Å². The highest BCUT2D eigenvalue weighted by molar-refractivity contribution is 5.92. The maximum absolute atomic E-state index is 11.7. The van der Waals surface area contributed by atoms with Gasteiger partial charge >= 0.3 is 0 Å². The second-order valence-electron chi connectivity index (χ2n) is 4.21. The summed E-state index contributed by atoms with van der Waals surface area (Å²) in [6, 6.07) is 5.30. The van der Waals surface area contributed by atoms with E-state index in [1.165, 1.54) is 0 Å². The molecule has 4 heteroatoms. The molecule has 0 spiro atoms. The van der Waals surface area contributed by atoms with Gasteiger partial charge in [0.25, 0.3) is 0 Å². The third kappa shape index (κ3) is 3.98. The molecule has 0 unspecified atom stereocenters. The highest BCUT2D eigenvalue weighted by Crippen LogP contribution is 2.29. The van der Waals surface area contributed by atoms with E-state index >= 15 is 0 Å². The van der Waals surface area contributed by atoms with Crippen LogP contribution in [0.1, 0.15) is 20.3 Å². The first-order chi connectivity index (χ1) is 8.06. The Kier molecular flexibility index (Phi) is 4.82. The fourth-order valence-corrected chi connectivity index (χ4v) is 1.48.